The van der Waals surface area contributed by atoms with Crippen LogP contribution in [0.2, 0.25) is 0 Å². The van der Waals surface area contributed by atoms with E-state index < -0.39 is 5.60 Å². The molecule has 2 heteroatoms. The van der Waals surface area contributed by atoms with Crippen LogP contribution in [0.5, 0.6) is 0 Å². The van der Waals surface area contributed by atoms with Crippen molar-refractivity contribution in [1.29, 1.82) is 0 Å². The third-order valence-electron chi connectivity index (χ3n) is 5.61. The first kappa shape index (κ1) is 18.0. The molecule has 1 fully saturated rings. The van der Waals surface area contributed by atoms with E-state index in [-0.39, 0.29) is 0 Å². The number of hydrogen-bond acceptors (Lipinski definition) is 2. The van der Waals surface area contributed by atoms with Crippen LogP contribution in [0, 0.1) is 0 Å². The van der Waals surface area contributed by atoms with Crippen LogP contribution >= 0.6 is 0 Å². The quantitative estimate of drug-likeness (QED) is 0.653. The van der Waals surface area contributed by atoms with E-state index in [1.165, 1.54) is 37.9 Å². The third kappa shape index (κ3) is 3.83. The Labute approximate surface area is 162 Å². The van der Waals surface area contributed by atoms with Gasteiger partial charge in [-0.1, -0.05) is 91.3 Å². The maximum atomic E-state index is 11.8. The molecule has 3 aromatic rings. The smallest absolute Gasteiger partial charge is 0.140 e. The summed E-state index contributed by atoms with van der Waals surface area (Å²) in [6, 6.07) is 28.4. The molecule has 0 aliphatic carbocycles. The molecule has 138 valence electrons. The molecule has 1 aliphatic rings. The van der Waals surface area contributed by atoms with Gasteiger partial charge in [0.1, 0.15) is 5.60 Å². The van der Waals surface area contributed by atoms with E-state index in [2.05, 4.69) is 29.2 Å². The van der Waals surface area contributed by atoms with Crippen molar-refractivity contribution >= 4 is 0 Å². The van der Waals surface area contributed by atoms with Crippen LogP contribution in [-0.2, 0) is 12.1 Å². The lowest BCUT2D eigenvalue weighted by Crippen LogP contribution is -2.30. The van der Waals surface area contributed by atoms with Crippen LogP contribution in [0.15, 0.2) is 84.9 Å². The molecule has 27 heavy (non-hydrogen) atoms. The van der Waals surface area contributed by atoms with Gasteiger partial charge in [-0.15, -0.1) is 0 Å². The number of aliphatic hydroxyl groups is 1. The Morgan fingerprint density at radius 2 is 1.11 bits per heavy atom. The minimum Gasteiger partial charge on any atom is -0.376 e. The maximum absolute atomic E-state index is 11.8. The molecule has 3 aromatic carbocycles. The normalized spacial score (nSPS) is 15.6. The second kappa shape index (κ2) is 8.08. The zero-order valence-electron chi connectivity index (χ0n) is 15.7. The zero-order valence-corrected chi connectivity index (χ0v) is 15.7. The summed E-state index contributed by atoms with van der Waals surface area (Å²) < 4.78 is 0. The molecular formula is C25H27NO. The van der Waals surface area contributed by atoms with Gasteiger partial charge < -0.3 is 5.11 Å². The molecule has 2 nitrogen and oxygen atoms in total. The number of piperidine rings is 1. The zero-order chi connectivity index (χ0) is 18.5. The summed E-state index contributed by atoms with van der Waals surface area (Å²) >= 11 is 0. The first-order valence-electron chi connectivity index (χ1n) is 9.92. The van der Waals surface area contributed by atoms with E-state index in [4.69, 9.17) is 0 Å². The summed E-state index contributed by atoms with van der Waals surface area (Å²) in [6.07, 6.45) is 3.97. The van der Waals surface area contributed by atoms with Crippen molar-refractivity contribution in [3.05, 3.63) is 107 Å². The van der Waals surface area contributed by atoms with Gasteiger partial charge in [-0.3, -0.25) is 4.90 Å². The van der Waals surface area contributed by atoms with Crippen molar-refractivity contribution in [2.45, 2.75) is 31.4 Å². The Morgan fingerprint density at radius 1 is 0.630 bits per heavy atom. The van der Waals surface area contributed by atoms with Crippen LogP contribution in [-0.4, -0.2) is 23.1 Å². The second-order valence-electron chi connectivity index (χ2n) is 7.48. The molecule has 0 unspecified atom stereocenters. The van der Waals surface area contributed by atoms with Crippen LogP contribution in [0.4, 0.5) is 0 Å². The molecule has 0 saturated carbocycles. The molecule has 0 bridgehead atoms. The van der Waals surface area contributed by atoms with Gasteiger partial charge in [0.25, 0.3) is 0 Å². The minimum absolute atomic E-state index is 0.889. The molecule has 0 radical (unpaired) electrons. The highest BCUT2D eigenvalue weighted by Crippen LogP contribution is 2.36. The Balaban J connectivity index is 1.66. The largest absolute Gasteiger partial charge is 0.376 e. The number of hydrogen-bond donors (Lipinski definition) is 1. The number of benzene rings is 3. The predicted octanol–water partition coefficient (Wildman–Crippen LogP) is 4.96. The maximum Gasteiger partial charge on any atom is 0.140 e. The van der Waals surface area contributed by atoms with Crippen molar-refractivity contribution < 1.29 is 5.11 Å². The van der Waals surface area contributed by atoms with Gasteiger partial charge in [0.15, 0.2) is 0 Å². The number of likely N-dealkylation sites (tertiary alicyclic amines) is 1. The highest BCUT2D eigenvalue weighted by molar-refractivity contribution is 5.47. The Bertz CT molecular complexity index is 797. The highest BCUT2D eigenvalue weighted by atomic mass is 16.3. The van der Waals surface area contributed by atoms with Crippen LogP contribution in [0.1, 0.15) is 41.5 Å². The summed E-state index contributed by atoms with van der Waals surface area (Å²) in [5.41, 5.74) is 2.85. The molecule has 1 aliphatic heterocycles. The standard InChI is InChI=1S/C25H27NO/c27-25(22-10-4-1-5-11-22,23-12-6-2-7-13-23)24-16-14-21(15-17-24)20-26-18-8-3-9-19-26/h1-2,4-7,10-17,27H,3,8-9,18-20H2. The lowest BCUT2D eigenvalue weighted by molar-refractivity contribution is 0.125. The summed E-state index contributed by atoms with van der Waals surface area (Å²) in [4.78, 5) is 2.53. The van der Waals surface area contributed by atoms with Crippen molar-refractivity contribution in [1.82, 2.24) is 4.90 Å². The molecule has 1 saturated heterocycles. The van der Waals surface area contributed by atoms with Crippen molar-refractivity contribution in [3.8, 4) is 0 Å². The predicted molar refractivity (Wildman–Crippen MR) is 111 cm³/mol. The highest BCUT2D eigenvalue weighted by Gasteiger charge is 2.33. The van der Waals surface area contributed by atoms with E-state index in [9.17, 15) is 5.11 Å². The summed E-state index contributed by atoms with van der Waals surface area (Å²) in [5, 5.41) is 11.8. The first-order valence-corrected chi connectivity index (χ1v) is 9.92. The number of nitrogens with zero attached hydrogens (tertiary/aromatic N) is 1. The second-order valence-corrected chi connectivity index (χ2v) is 7.48. The third-order valence-corrected chi connectivity index (χ3v) is 5.61. The van der Waals surface area contributed by atoms with Gasteiger partial charge in [0.05, 0.1) is 0 Å². The summed E-state index contributed by atoms with van der Waals surface area (Å²) in [6.45, 7) is 3.38. The SMILES string of the molecule is OC(c1ccccc1)(c1ccccc1)c1ccc(CN2CCCCC2)cc1. The summed E-state index contributed by atoms with van der Waals surface area (Å²) in [7, 11) is 0. The molecule has 1 N–H and O–H groups in total. The fourth-order valence-corrected chi connectivity index (χ4v) is 4.09. The lowest BCUT2D eigenvalue weighted by atomic mass is 9.80. The van der Waals surface area contributed by atoms with E-state index in [0.717, 1.165) is 23.2 Å². The average molecular weight is 357 g/mol. The van der Waals surface area contributed by atoms with E-state index in [1.54, 1.807) is 0 Å². The number of rotatable bonds is 5. The fourth-order valence-electron chi connectivity index (χ4n) is 4.09. The molecule has 0 aromatic heterocycles. The van der Waals surface area contributed by atoms with E-state index in [1.807, 2.05) is 60.7 Å². The van der Waals surface area contributed by atoms with Gasteiger partial charge in [-0.2, -0.15) is 0 Å². The Kier molecular flexibility index (Phi) is 5.38. The van der Waals surface area contributed by atoms with Crippen LogP contribution < -0.4 is 0 Å². The van der Waals surface area contributed by atoms with Gasteiger partial charge in [0.2, 0.25) is 0 Å². The molecule has 1 heterocycles. The summed E-state index contributed by atoms with van der Waals surface area (Å²) in [5.74, 6) is 0. The van der Waals surface area contributed by atoms with Crippen LogP contribution in [0.3, 0.4) is 0 Å². The van der Waals surface area contributed by atoms with Gasteiger partial charge in [-0.05, 0) is 48.2 Å². The molecule has 0 amide bonds. The fraction of sp³-hybridized carbons (Fsp3) is 0.280. The molecule has 0 atom stereocenters. The lowest BCUT2D eigenvalue weighted by Gasteiger charge is -2.31. The molecular weight excluding hydrogens is 330 g/mol. The topological polar surface area (TPSA) is 23.5 Å². The van der Waals surface area contributed by atoms with E-state index >= 15 is 0 Å². The Morgan fingerprint density at radius 3 is 1.63 bits per heavy atom. The molecule has 0 spiro atoms. The van der Waals surface area contributed by atoms with Crippen LogP contribution in [0.25, 0.3) is 0 Å². The van der Waals surface area contributed by atoms with Gasteiger partial charge >= 0.3 is 0 Å². The van der Waals surface area contributed by atoms with E-state index in [0.29, 0.717) is 0 Å². The van der Waals surface area contributed by atoms with Crippen molar-refractivity contribution in [2.75, 3.05) is 13.1 Å². The first-order chi connectivity index (χ1) is 13.3. The Hall–Kier alpha value is -2.42. The monoisotopic (exact) mass is 357 g/mol. The average Bonchev–Trinajstić information content (AvgIpc) is 2.76. The molecule has 4 rings (SSSR count). The van der Waals surface area contributed by atoms with Gasteiger partial charge in [0, 0.05) is 6.54 Å². The minimum atomic E-state index is -1.15. The van der Waals surface area contributed by atoms with Crippen molar-refractivity contribution in [3.63, 3.8) is 0 Å². The van der Waals surface area contributed by atoms with Gasteiger partial charge in [-0.25, -0.2) is 0 Å². The van der Waals surface area contributed by atoms with Crippen molar-refractivity contribution in [2.24, 2.45) is 0 Å².